The number of hydrogen-bond acceptors (Lipinski definition) is 4. The van der Waals surface area contributed by atoms with Crippen LogP contribution in [0.25, 0.3) is 0 Å². The van der Waals surface area contributed by atoms with Gasteiger partial charge in [0.25, 0.3) is 0 Å². The van der Waals surface area contributed by atoms with E-state index >= 15 is 0 Å². The molecule has 2 rings (SSSR count). The molecule has 0 fully saturated rings. The van der Waals surface area contributed by atoms with Gasteiger partial charge in [-0.05, 0) is 30.7 Å². The molecule has 98 valence electrons. The molecule has 0 spiro atoms. The van der Waals surface area contributed by atoms with E-state index in [1.165, 1.54) is 14.0 Å². The fourth-order valence-corrected chi connectivity index (χ4v) is 1.78. The van der Waals surface area contributed by atoms with Crippen LogP contribution in [0.5, 0.6) is 0 Å². The van der Waals surface area contributed by atoms with Gasteiger partial charge in [-0.25, -0.2) is 4.79 Å². The first-order valence-electron chi connectivity index (χ1n) is 5.87. The number of hydrogen-bond donors (Lipinski definition) is 0. The van der Waals surface area contributed by atoms with Crippen LogP contribution in [-0.4, -0.2) is 18.9 Å². The van der Waals surface area contributed by atoms with Crippen molar-refractivity contribution in [1.82, 2.24) is 0 Å². The highest BCUT2D eigenvalue weighted by Crippen LogP contribution is 2.15. The first-order valence-corrected chi connectivity index (χ1v) is 5.87. The molecule has 1 aromatic heterocycles. The smallest absolute Gasteiger partial charge is 0.373 e. The van der Waals surface area contributed by atoms with Gasteiger partial charge in [-0.2, -0.15) is 0 Å². The molecule has 0 N–H and O–H groups in total. The van der Waals surface area contributed by atoms with Crippen molar-refractivity contribution in [1.29, 1.82) is 0 Å². The third-order valence-corrected chi connectivity index (χ3v) is 2.76. The second-order valence-electron chi connectivity index (χ2n) is 4.19. The normalized spacial score (nSPS) is 10.2. The minimum Gasteiger partial charge on any atom is -0.463 e. The summed E-state index contributed by atoms with van der Waals surface area (Å²) in [4.78, 5) is 22.6. The second-order valence-corrected chi connectivity index (χ2v) is 4.19. The maximum Gasteiger partial charge on any atom is 0.373 e. The van der Waals surface area contributed by atoms with Crippen LogP contribution in [0.4, 0.5) is 0 Å². The Labute approximate surface area is 111 Å². The van der Waals surface area contributed by atoms with E-state index in [2.05, 4.69) is 4.74 Å². The second kappa shape index (κ2) is 5.52. The van der Waals surface area contributed by atoms with Crippen LogP contribution in [0.15, 0.2) is 40.8 Å². The zero-order valence-corrected chi connectivity index (χ0v) is 10.8. The molecule has 1 aromatic carbocycles. The number of Topliss-reactive ketones (excluding diaryl/α,β-unsaturated/α-hetero) is 1. The number of furan rings is 1. The summed E-state index contributed by atoms with van der Waals surface area (Å²) >= 11 is 0. The van der Waals surface area contributed by atoms with E-state index in [1.54, 1.807) is 18.2 Å². The number of ketones is 1. The number of benzene rings is 1. The first-order chi connectivity index (χ1) is 9.10. The van der Waals surface area contributed by atoms with Crippen LogP contribution in [0.1, 0.15) is 39.2 Å². The highest BCUT2D eigenvalue weighted by molar-refractivity contribution is 5.94. The molecule has 0 unspecified atom stereocenters. The Morgan fingerprint density at radius 3 is 2.68 bits per heavy atom. The predicted octanol–water partition coefficient (Wildman–Crippen LogP) is 2.86. The molecule has 0 aliphatic heterocycles. The van der Waals surface area contributed by atoms with Crippen LogP contribution in [0.3, 0.4) is 0 Å². The molecule has 2 aromatic rings. The summed E-state index contributed by atoms with van der Waals surface area (Å²) in [5.74, 6) is 0.363. The molecule has 1 heterocycles. The van der Waals surface area contributed by atoms with E-state index in [0.717, 1.165) is 5.56 Å². The van der Waals surface area contributed by atoms with E-state index in [1.807, 2.05) is 18.2 Å². The fraction of sp³-hybridized carbons (Fsp3) is 0.200. The number of methoxy groups -OCH3 is 1. The fourth-order valence-electron chi connectivity index (χ4n) is 1.78. The molecule has 0 saturated heterocycles. The van der Waals surface area contributed by atoms with E-state index in [-0.39, 0.29) is 11.5 Å². The van der Waals surface area contributed by atoms with Crippen molar-refractivity contribution in [3.8, 4) is 0 Å². The molecule has 0 amide bonds. The Hall–Kier alpha value is -2.36. The average Bonchev–Trinajstić information content (AvgIpc) is 2.86. The van der Waals surface area contributed by atoms with Gasteiger partial charge >= 0.3 is 5.97 Å². The maximum absolute atomic E-state index is 11.3. The molecule has 0 atom stereocenters. The van der Waals surface area contributed by atoms with Crippen molar-refractivity contribution < 1.29 is 18.7 Å². The third-order valence-electron chi connectivity index (χ3n) is 2.76. The van der Waals surface area contributed by atoms with Crippen molar-refractivity contribution >= 4 is 11.8 Å². The van der Waals surface area contributed by atoms with Crippen molar-refractivity contribution in [3.63, 3.8) is 0 Å². The molecule has 0 aliphatic carbocycles. The Morgan fingerprint density at radius 1 is 1.21 bits per heavy atom. The lowest BCUT2D eigenvalue weighted by Gasteiger charge is -2.01. The number of rotatable bonds is 4. The Morgan fingerprint density at radius 2 is 2.00 bits per heavy atom. The quantitative estimate of drug-likeness (QED) is 0.625. The van der Waals surface area contributed by atoms with Gasteiger partial charge in [-0.15, -0.1) is 0 Å². The number of carbonyl (C=O) groups excluding carboxylic acids is 2. The van der Waals surface area contributed by atoms with E-state index in [4.69, 9.17) is 4.42 Å². The molecular weight excluding hydrogens is 244 g/mol. The van der Waals surface area contributed by atoms with Gasteiger partial charge < -0.3 is 9.15 Å². The van der Waals surface area contributed by atoms with E-state index in [0.29, 0.717) is 17.7 Å². The predicted molar refractivity (Wildman–Crippen MR) is 69.3 cm³/mol. The van der Waals surface area contributed by atoms with Crippen molar-refractivity contribution in [2.24, 2.45) is 0 Å². The van der Waals surface area contributed by atoms with Crippen molar-refractivity contribution in [2.75, 3.05) is 7.11 Å². The lowest BCUT2D eigenvalue weighted by atomic mass is 10.1. The molecule has 19 heavy (non-hydrogen) atoms. The molecule has 0 radical (unpaired) electrons. The van der Waals surface area contributed by atoms with E-state index < -0.39 is 5.97 Å². The minimum absolute atomic E-state index is 0.0246. The van der Waals surface area contributed by atoms with Gasteiger partial charge in [0.05, 0.1) is 7.11 Å². The number of ether oxygens (including phenoxy) is 1. The monoisotopic (exact) mass is 258 g/mol. The Kier molecular flexibility index (Phi) is 3.80. The maximum atomic E-state index is 11.3. The zero-order valence-electron chi connectivity index (χ0n) is 10.8. The average molecular weight is 258 g/mol. The van der Waals surface area contributed by atoms with Gasteiger partial charge in [0.15, 0.2) is 5.78 Å². The van der Waals surface area contributed by atoms with Crippen molar-refractivity contribution in [3.05, 3.63) is 59.0 Å². The topological polar surface area (TPSA) is 56.5 Å². The molecular formula is C15H14O4. The highest BCUT2D eigenvalue weighted by Gasteiger charge is 2.11. The van der Waals surface area contributed by atoms with Crippen LogP contribution >= 0.6 is 0 Å². The lowest BCUT2D eigenvalue weighted by molar-refractivity contribution is 0.0563. The molecule has 0 bridgehead atoms. The SMILES string of the molecule is COC(=O)c1ccc(Cc2cccc(C(C)=O)c2)o1. The largest absolute Gasteiger partial charge is 0.463 e. The van der Waals surface area contributed by atoms with Gasteiger partial charge in [0.1, 0.15) is 5.76 Å². The van der Waals surface area contributed by atoms with Crippen LogP contribution in [0.2, 0.25) is 0 Å². The summed E-state index contributed by atoms with van der Waals surface area (Å²) < 4.78 is 9.95. The van der Waals surface area contributed by atoms with Gasteiger partial charge in [-0.1, -0.05) is 18.2 Å². The van der Waals surface area contributed by atoms with Crippen LogP contribution < -0.4 is 0 Å². The molecule has 4 heteroatoms. The standard InChI is InChI=1S/C15H14O4/c1-10(16)12-5-3-4-11(8-12)9-13-6-7-14(19-13)15(17)18-2/h3-8H,9H2,1-2H3. The number of carbonyl (C=O) groups is 2. The third kappa shape index (κ3) is 3.10. The van der Waals surface area contributed by atoms with Gasteiger partial charge in [0.2, 0.25) is 5.76 Å². The summed E-state index contributed by atoms with van der Waals surface area (Å²) in [5, 5.41) is 0. The first kappa shape index (κ1) is 13.1. The lowest BCUT2D eigenvalue weighted by Crippen LogP contribution is -1.98. The van der Waals surface area contributed by atoms with Gasteiger partial charge in [0, 0.05) is 12.0 Å². The molecule has 4 nitrogen and oxygen atoms in total. The number of esters is 1. The Bertz CT molecular complexity index is 610. The highest BCUT2D eigenvalue weighted by atomic mass is 16.5. The summed E-state index contributed by atoms with van der Waals surface area (Å²) in [6.45, 7) is 1.53. The summed E-state index contributed by atoms with van der Waals surface area (Å²) in [6, 6.07) is 10.6. The molecule has 0 aliphatic rings. The summed E-state index contributed by atoms with van der Waals surface area (Å²) in [6.07, 6.45) is 0.526. The minimum atomic E-state index is -0.497. The molecule has 0 saturated carbocycles. The summed E-state index contributed by atoms with van der Waals surface area (Å²) in [7, 11) is 1.31. The summed E-state index contributed by atoms with van der Waals surface area (Å²) in [5.41, 5.74) is 1.62. The zero-order chi connectivity index (χ0) is 13.8. The van der Waals surface area contributed by atoms with Crippen molar-refractivity contribution in [2.45, 2.75) is 13.3 Å². The Balaban J connectivity index is 2.17. The van der Waals surface area contributed by atoms with Gasteiger partial charge in [-0.3, -0.25) is 4.79 Å². The van der Waals surface area contributed by atoms with Crippen LogP contribution in [0, 0.1) is 0 Å². The van der Waals surface area contributed by atoms with Crippen LogP contribution in [-0.2, 0) is 11.2 Å². The van der Waals surface area contributed by atoms with E-state index in [9.17, 15) is 9.59 Å².